The Morgan fingerprint density at radius 2 is 1.42 bits per heavy atom. The van der Waals surface area contributed by atoms with Gasteiger partial charge in [-0.05, 0) is 45.5 Å². The van der Waals surface area contributed by atoms with E-state index < -0.39 is 0 Å². The maximum Gasteiger partial charge on any atom is 0.258 e. The molecule has 1 aliphatic rings. The van der Waals surface area contributed by atoms with Crippen molar-refractivity contribution in [1.82, 2.24) is 15.0 Å². The zero-order chi connectivity index (χ0) is 22.2. The first-order valence-electron chi connectivity index (χ1n) is 11.5. The first-order chi connectivity index (χ1) is 16.2. The average molecular weight is 432 g/mol. The van der Waals surface area contributed by atoms with E-state index in [0.29, 0.717) is 11.7 Å². The first-order valence-corrected chi connectivity index (χ1v) is 11.5. The van der Waals surface area contributed by atoms with Crippen LogP contribution in [0.3, 0.4) is 0 Å². The summed E-state index contributed by atoms with van der Waals surface area (Å²) in [7, 11) is 0. The van der Waals surface area contributed by atoms with E-state index in [0.717, 1.165) is 34.5 Å². The molecule has 6 rings (SSSR count). The van der Waals surface area contributed by atoms with E-state index in [4.69, 9.17) is 9.51 Å². The van der Waals surface area contributed by atoms with E-state index in [1.807, 2.05) is 30.3 Å². The van der Waals surface area contributed by atoms with E-state index in [1.54, 1.807) is 0 Å². The molecule has 0 aliphatic carbocycles. The van der Waals surface area contributed by atoms with Crippen LogP contribution in [-0.4, -0.2) is 28.1 Å². The number of hydrogen-bond acceptors (Lipinski definition) is 4. The van der Waals surface area contributed by atoms with Gasteiger partial charge in [-0.3, -0.25) is 4.90 Å². The van der Waals surface area contributed by atoms with Crippen LogP contribution in [0.1, 0.15) is 12.5 Å². The predicted molar refractivity (Wildman–Crippen MR) is 133 cm³/mol. The highest BCUT2D eigenvalue weighted by atomic mass is 16.5. The van der Waals surface area contributed by atoms with Crippen LogP contribution in [0, 0.1) is 5.92 Å². The van der Waals surface area contributed by atoms with E-state index in [9.17, 15) is 0 Å². The van der Waals surface area contributed by atoms with Crippen molar-refractivity contribution in [3.8, 4) is 34.0 Å². The number of fused-ring (bicyclic) bond motifs is 1. The van der Waals surface area contributed by atoms with Gasteiger partial charge in [0.1, 0.15) is 0 Å². The van der Waals surface area contributed by atoms with Crippen LogP contribution in [-0.2, 0) is 6.54 Å². The molecule has 2 heterocycles. The van der Waals surface area contributed by atoms with Crippen molar-refractivity contribution in [2.24, 2.45) is 5.92 Å². The normalized spacial score (nSPS) is 14.5. The molecule has 4 heteroatoms. The molecule has 1 saturated heterocycles. The largest absolute Gasteiger partial charge is 0.334 e. The summed E-state index contributed by atoms with van der Waals surface area (Å²) >= 11 is 0. The molecular formula is C29H25N3O. The fraction of sp³-hybridized carbons (Fsp3) is 0.172. The molecule has 0 atom stereocenters. The highest BCUT2D eigenvalue weighted by Crippen LogP contribution is 2.32. The minimum absolute atomic E-state index is 0.535. The van der Waals surface area contributed by atoms with Crippen LogP contribution in [0.15, 0.2) is 95.5 Å². The molecule has 162 valence electrons. The zero-order valence-corrected chi connectivity index (χ0v) is 18.6. The van der Waals surface area contributed by atoms with Gasteiger partial charge in [-0.15, -0.1) is 0 Å². The smallest absolute Gasteiger partial charge is 0.258 e. The third-order valence-corrected chi connectivity index (χ3v) is 6.45. The van der Waals surface area contributed by atoms with Crippen LogP contribution >= 0.6 is 0 Å². The van der Waals surface area contributed by atoms with Gasteiger partial charge in [0.25, 0.3) is 5.89 Å². The third-order valence-electron chi connectivity index (χ3n) is 6.45. The minimum Gasteiger partial charge on any atom is -0.334 e. The van der Waals surface area contributed by atoms with Gasteiger partial charge in [-0.25, -0.2) is 0 Å². The molecule has 0 unspecified atom stereocenters. The quantitative estimate of drug-likeness (QED) is 0.311. The number of hydrogen-bond donors (Lipinski definition) is 0. The molecule has 0 radical (unpaired) electrons. The third kappa shape index (κ3) is 3.83. The van der Waals surface area contributed by atoms with Crippen molar-refractivity contribution in [2.75, 3.05) is 13.1 Å². The molecule has 0 saturated carbocycles. The topological polar surface area (TPSA) is 42.2 Å². The Morgan fingerprint density at radius 3 is 2.18 bits per heavy atom. The number of likely N-dealkylation sites (tertiary alicyclic amines) is 1. The van der Waals surface area contributed by atoms with Gasteiger partial charge in [0.15, 0.2) is 0 Å². The van der Waals surface area contributed by atoms with Gasteiger partial charge >= 0.3 is 0 Å². The second-order valence-electron chi connectivity index (χ2n) is 8.98. The Balaban J connectivity index is 1.31. The number of rotatable bonds is 5. The molecular weight excluding hydrogens is 406 g/mol. The van der Waals surface area contributed by atoms with Crippen LogP contribution < -0.4 is 0 Å². The number of aromatic nitrogens is 2. The summed E-state index contributed by atoms with van der Waals surface area (Å²) < 4.78 is 5.66. The molecule has 0 amide bonds. The highest BCUT2D eigenvalue weighted by molar-refractivity contribution is 5.97. The lowest BCUT2D eigenvalue weighted by molar-refractivity contribution is 0.105. The first kappa shape index (κ1) is 19.9. The fourth-order valence-electron chi connectivity index (χ4n) is 4.78. The molecule has 0 N–H and O–H groups in total. The number of nitrogens with zero attached hydrogens (tertiary/aromatic N) is 3. The lowest BCUT2D eigenvalue weighted by atomic mass is 9.96. The monoisotopic (exact) mass is 431 g/mol. The fourth-order valence-corrected chi connectivity index (χ4v) is 4.78. The van der Waals surface area contributed by atoms with Crippen molar-refractivity contribution in [3.63, 3.8) is 0 Å². The summed E-state index contributed by atoms with van der Waals surface area (Å²) in [6.45, 7) is 5.64. The lowest BCUT2D eigenvalue weighted by Crippen LogP contribution is -2.44. The van der Waals surface area contributed by atoms with Crippen molar-refractivity contribution in [3.05, 3.63) is 96.6 Å². The maximum atomic E-state index is 5.66. The summed E-state index contributed by atoms with van der Waals surface area (Å²) in [5.41, 5.74) is 5.62. The van der Waals surface area contributed by atoms with E-state index >= 15 is 0 Å². The summed E-state index contributed by atoms with van der Waals surface area (Å²) in [6, 6.07) is 31.5. The van der Waals surface area contributed by atoms with E-state index in [-0.39, 0.29) is 0 Å². The molecule has 4 aromatic carbocycles. The van der Waals surface area contributed by atoms with Crippen molar-refractivity contribution in [1.29, 1.82) is 0 Å². The Bertz CT molecular complexity index is 1400. The summed E-state index contributed by atoms with van der Waals surface area (Å²) in [5.74, 6) is 1.96. The SMILES string of the molecule is CC1CN(Cc2ccc(-c3noc(-c4ccc(-c5ccccc5)cc4)n3)c3ccccc23)C1. The molecule has 33 heavy (non-hydrogen) atoms. The second-order valence-corrected chi connectivity index (χ2v) is 8.98. The Morgan fingerprint density at radius 1 is 0.758 bits per heavy atom. The van der Waals surface area contributed by atoms with Crippen molar-refractivity contribution in [2.45, 2.75) is 13.5 Å². The average Bonchev–Trinajstić information content (AvgIpc) is 3.34. The van der Waals surface area contributed by atoms with Crippen LogP contribution in [0.2, 0.25) is 0 Å². The molecule has 4 nitrogen and oxygen atoms in total. The second kappa shape index (κ2) is 8.30. The van der Waals surface area contributed by atoms with Gasteiger partial charge < -0.3 is 4.52 Å². The van der Waals surface area contributed by atoms with Crippen molar-refractivity contribution >= 4 is 10.8 Å². The van der Waals surface area contributed by atoms with Crippen LogP contribution in [0.5, 0.6) is 0 Å². The highest BCUT2D eigenvalue weighted by Gasteiger charge is 2.23. The van der Waals surface area contributed by atoms with Gasteiger partial charge in [0.05, 0.1) is 0 Å². The predicted octanol–water partition coefficient (Wildman–Crippen LogP) is 6.68. The minimum atomic E-state index is 0.535. The lowest BCUT2D eigenvalue weighted by Gasteiger charge is -2.37. The zero-order valence-electron chi connectivity index (χ0n) is 18.6. The van der Waals surface area contributed by atoms with Gasteiger partial charge in [0.2, 0.25) is 5.82 Å². The summed E-state index contributed by atoms with van der Waals surface area (Å²) in [6.07, 6.45) is 0. The summed E-state index contributed by atoms with van der Waals surface area (Å²) in [5, 5.41) is 6.74. The van der Waals surface area contributed by atoms with Gasteiger partial charge in [-0.1, -0.05) is 90.9 Å². The molecule has 5 aromatic rings. The van der Waals surface area contributed by atoms with Crippen molar-refractivity contribution < 1.29 is 4.52 Å². The van der Waals surface area contributed by atoms with Gasteiger partial charge in [0, 0.05) is 30.8 Å². The van der Waals surface area contributed by atoms with Gasteiger partial charge in [-0.2, -0.15) is 4.98 Å². The molecule has 1 aromatic heterocycles. The Kier molecular flexibility index (Phi) is 5.00. The standard InChI is InChI=1S/C29H25N3O/c1-20-17-32(18-20)19-24-15-16-27(26-10-6-5-9-25(24)26)28-30-29(33-31-28)23-13-11-22(12-14-23)21-7-3-2-4-8-21/h2-16,20H,17-19H2,1H3. The van der Waals surface area contributed by atoms with Crippen LogP contribution in [0.4, 0.5) is 0 Å². The Labute approximate surface area is 193 Å². The maximum absolute atomic E-state index is 5.66. The molecule has 1 fully saturated rings. The van der Waals surface area contributed by atoms with E-state index in [1.165, 1.54) is 29.6 Å². The number of benzene rings is 4. The van der Waals surface area contributed by atoms with E-state index in [2.05, 4.69) is 77.6 Å². The van der Waals surface area contributed by atoms with Crippen LogP contribution in [0.25, 0.3) is 44.7 Å². The Hall–Kier alpha value is -3.76. The summed E-state index contributed by atoms with van der Waals surface area (Å²) in [4.78, 5) is 7.24. The molecule has 1 aliphatic heterocycles. The molecule has 0 bridgehead atoms. The molecule has 0 spiro atoms.